The first kappa shape index (κ1) is 13.5. The van der Waals surface area contributed by atoms with Crippen LogP contribution in [0.4, 0.5) is 5.82 Å². The molecule has 100 valence electrons. The zero-order valence-corrected chi connectivity index (χ0v) is 11.0. The third-order valence-electron chi connectivity index (χ3n) is 2.92. The summed E-state index contributed by atoms with van der Waals surface area (Å²) in [7, 11) is 0. The fourth-order valence-electron chi connectivity index (χ4n) is 1.85. The Kier molecular flexibility index (Phi) is 5.31. The normalized spacial score (nSPS) is 10.4. The van der Waals surface area contributed by atoms with Gasteiger partial charge in [0, 0.05) is 12.1 Å². The number of anilines is 1. The molecule has 0 aliphatic rings. The topological polar surface area (TPSA) is 63.8 Å². The molecule has 1 aromatic carbocycles. The van der Waals surface area contributed by atoms with Gasteiger partial charge in [-0.15, -0.1) is 10.2 Å². The molecule has 1 aromatic heterocycles. The van der Waals surface area contributed by atoms with Crippen molar-refractivity contribution in [1.29, 1.82) is 0 Å². The number of hydrogen-bond acceptors (Lipinski definition) is 4. The Morgan fingerprint density at radius 3 is 2.42 bits per heavy atom. The molecule has 0 unspecified atom stereocenters. The van der Waals surface area contributed by atoms with Gasteiger partial charge in [0.25, 0.3) is 0 Å². The number of aromatic nitrogens is 2. The van der Waals surface area contributed by atoms with E-state index >= 15 is 0 Å². The van der Waals surface area contributed by atoms with Crippen LogP contribution >= 0.6 is 0 Å². The lowest BCUT2D eigenvalue weighted by Crippen LogP contribution is -2.05. The van der Waals surface area contributed by atoms with Gasteiger partial charge in [-0.05, 0) is 31.5 Å². The summed E-state index contributed by atoms with van der Waals surface area (Å²) in [6.07, 6.45) is 3.35. The molecule has 0 bridgehead atoms. The minimum absolute atomic E-state index is 0.769. The van der Waals surface area contributed by atoms with Gasteiger partial charge in [-0.3, -0.25) is 0 Å². The van der Waals surface area contributed by atoms with Crippen molar-refractivity contribution in [2.75, 3.05) is 18.4 Å². The van der Waals surface area contributed by atoms with E-state index < -0.39 is 0 Å². The molecular formula is C15H20N4. The summed E-state index contributed by atoms with van der Waals surface area (Å²) >= 11 is 0. The molecule has 0 aliphatic heterocycles. The van der Waals surface area contributed by atoms with Gasteiger partial charge in [-0.25, -0.2) is 0 Å². The van der Waals surface area contributed by atoms with E-state index in [2.05, 4.69) is 15.5 Å². The largest absolute Gasteiger partial charge is 0.369 e. The van der Waals surface area contributed by atoms with Crippen molar-refractivity contribution < 1.29 is 0 Å². The molecule has 0 atom stereocenters. The molecule has 0 spiro atoms. The first-order chi connectivity index (χ1) is 9.40. The van der Waals surface area contributed by atoms with E-state index in [0.29, 0.717) is 0 Å². The zero-order valence-electron chi connectivity index (χ0n) is 11.0. The third-order valence-corrected chi connectivity index (χ3v) is 2.92. The minimum atomic E-state index is 0.769. The minimum Gasteiger partial charge on any atom is -0.369 e. The van der Waals surface area contributed by atoms with Gasteiger partial charge in [-0.2, -0.15) is 0 Å². The number of nitrogens with zero attached hydrogens (tertiary/aromatic N) is 2. The fourth-order valence-corrected chi connectivity index (χ4v) is 1.85. The van der Waals surface area contributed by atoms with Gasteiger partial charge in [0.1, 0.15) is 5.82 Å². The molecule has 2 rings (SSSR count). The SMILES string of the molecule is NCCCCCNc1ccc(-c2ccccc2)nn1. The van der Waals surface area contributed by atoms with Crippen LogP contribution in [0.15, 0.2) is 42.5 Å². The molecule has 4 nitrogen and oxygen atoms in total. The average molecular weight is 256 g/mol. The predicted molar refractivity (Wildman–Crippen MR) is 78.9 cm³/mol. The van der Waals surface area contributed by atoms with Crippen LogP contribution in [0.1, 0.15) is 19.3 Å². The van der Waals surface area contributed by atoms with E-state index in [1.54, 1.807) is 0 Å². The summed E-state index contributed by atoms with van der Waals surface area (Å²) in [4.78, 5) is 0. The number of unbranched alkanes of at least 4 members (excludes halogenated alkanes) is 2. The van der Waals surface area contributed by atoms with E-state index in [9.17, 15) is 0 Å². The van der Waals surface area contributed by atoms with E-state index in [4.69, 9.17) is 5.73 Å². The molecule has 1 heterocycles. The van der Waals surface area contributed by atoms with E-state index in [-0.39, 0.29) is 0 Å². The van der Waals surface area contributed by atoms with E-state index in [0.717, 1.165) is 49.4 Å². The lowest BCUT2D eigenvalue weighted by atomic mass is 10.1. The van der Waals surface area contributed by atoms with Crippen molar-refractivity contribution in [1.82, 2.24) is 10.2 Å². The van der Waals surface area contributed by atoms with Crippen LogP contribution in [0.3, 0.4) is 0 Å². The maximum Gasteiger partial charge on any atom is 0.148 e. The number of rotatable bonds is 7. The lowest BCUT2D eigenvalue weighted by Gasteiger charge is -2.05. The summed E-state index contributed by atoms with van der Waals surface area (Å²) in [6.45, 7) is 1.69. The second-order valence-corrected chi connectivity index (χ2v) is 4.45. The summed E-state index contributed by atoms with van der Waals surface area (Å²) in [5.74, 6) is 0.826. The Balaban J connectivity index is 1.85. The molecule has 0 aliphatic carbocycles. The number of hydrogen-bond donors (Lipinski definition) is 2. The van der Waals surface area contributed by atoms with Crippen LogP contribution in [0.25, 0.3) is 11.3 Å². The van der Waals surface area contributed by atoms with Crippen LogP contribution in [0.2, 0.25) is 0 Å². The van der Waals surface area contributed by atoms with Crippen LogP contribution in [0, 0.1) is 0 Å². The average Bonchev–Trinajstić information content (AvgIpc) is 2.49. The Bertz CT molecular complexity index is 467. The van der Waals surface area contributed by atoms with Crippen molar-refractivity contribution in [3.63, 3.8) is 0 Å². The number of benzene rings is 1. The highest BCUT2D eigenvalue weighted by molar-refractivity contribution is 5.59. The van der Waals surface area contributed by atoms with Crippen molar-refractivity contribution in [3.8, 4) is 11.3 Å². The third kappa shape index (κ3) is 4.34. The smallest absolute Gasteiger partial charge is 0.148 e. The molecule has 19 heavy (non-hydrogen) atoms. The van der Waals surface area contributed by atoms with Crippen LogP contribution < -0.4 is 11.1 Å². The predicted octanol–water partition coefficient (Wildman–Crippen LogP) is 2.68. The highest BCUT2D eigenvalue weighted by atomic mass is 15.2. The molecule has 0 amide bonds. The molecule has 0 radical (unpaired) electrons. The Labute approximate surface area is 114 Å². The van der Waals surface area contributed by atoms with Crippen LogP contribution in [0.5, 0.6) is 0 Å². The first-order valence-corrected chi connectivity index (χ1v) is 6.73. The van der Waals surface area contributed by atoms with Gasteiger partial charge in [0.15, 0.2) is 0 Å². The quantitative estimate of drug-likeness (QED) is 0.748. The maximum atomic E-state index is 5.45. The van der Waals surface area contributed by atoms with Gasteiger partial charge < -0.3 is 11.1 Å². The summed E-state index contributed by atoms with van der Waals surface area (Å²) < 4.78 is 0. The molecule has 0 saturated carbocycles. The van der Waals surface area contributed by atoms with Gasteiger partial charge in [0.2, 0.25) is 0 Å². The summed E-state index contributed by atoms with van der Waals surface area (Å²) in [5, 5.41) is 11.7. The van der Waals surface area contributed by atoms with E-state index in [1.807, 2.05) is 42.5 Å². The van der Waals surface area contributed by atoms with Crippen LogP contribution in [-0.2, 0) is 0 Å². The van der Waals surface area contributed by atoms with Gasteiger partial charge in [-0.1, -0.05) is 36.8 Å². The fraction of sp³-hybridized carbons (Fsp3) is 0.333. The summed E-state index contributed by atoms with van der Waals surface area (Å²) in [5.41, 5.74) is 7.44. The van der Waals surface area contributed by atoms with Crippen LogP contribution in [-0.4, -0.2) is 23.3 Å². The van der Waals surface area contributed by atoms with Crippen molar-refractivity contribution >= 4 is 5.82 Å². The van der Waals surface area contributed by atoms with Gasteiger partial charge in [0.05, 0.1) is 5.69 Å². The lowest BCUT2D eigenvalue weighted by molar-refractivity contribution is 0.705. The number of nitrogens with one attached hydrogen (secondary N) is 1. The maximum absolute atomic E-state index is 5.45. The highest BCUT2D eigenvalue weighted by Crippen LogP contribution is 2.16. The Hall–Kier alpha value is -1.94. The summed E-state index contributed by atoms with van der Waals surface area (Å²) in [6, 6.07) is 14.0. The monoisotopic (exact) mass is 256 g/mol. The first-order valence-electron chi connectivity index (χ1n) is 6.73. The molecule has 2 aromatic rings. The second kappa shape index (κ2) is 7.48. The van der Waals surface area contributed by atoms with E-state index in [1.165, 1.54) is 0 Å². The Morgan fingerprint density at radius 1 is 0.895 bits per heavy atom. The van der Waals surface area contributed by atoms with Gasteiger partial charge >= 0.3 is 0 Å². The van der Waals surface area contributed by atoms with Crippen molar-refractivity contribution in [3.05, 3.63) is 42.5 Å². The molecule has 3 N–H and O–H groups in total. The van der Waals surface area contributed by atoms with Crippen molar-refractivity contribution in [2.45, 2.75) is 19.3 Å². The number of nitrogens with two attached hydrogens (primary N) is 1. The molecule has 0 saturated heterocycles. The standard InChI is InChI=1S/C15H20N4/c16-11-5-2-6-12-17-15-10-9-14(18-19-15)13-7-3-1-4-8-13/h1,3-4,7-10H,2,5-6,11-12,16H2,(H,17,19). The molecule has 4 heteroatoms. The Morgan fingerprint density at radius 2 is 1.74 bits per heavy atom. The molecular weight excluding hydrogens is 236 g/mol. The van der Waals surface area contributed by atoms with Crippen molar-refractivity contribution in [2.24, 2.45) is 5.73 Å². The molecule has 0 fully saturated rings. The second-order valence-electron chi connectivity index (χ2n) is 4.45. The zero-order chi connectivity index (χ0) is 13.3. The highest BCUT2D eigenvalue weighted by Gasteiger charge is 1.99.